The number of ether oxygens (including phenoxy) is 2. The molecule has 192 valence electrons. The average Bonchev–Trinajstić information content (AvgIpc) is 2.82. The van der Waals surface area contributed by atoms with E-state index in [1.54, 1.807) is 43.3 Å². The molecule has 11 heteroatoms. The lowest BCUT2D eigenvalue weighted by Crippen LogP contribution is -2.51. The highest BCUT2D eigenvalue weighted by Gasteiger charge is 2.31. The van der Waals surface area contributed by atoms with Gasteiger partial charge in [0.15, 0.2) is 0 Å². The van der Waals surface area contributed by atoms with Crippen LogP contribution in [0.5, 0.6) is 11.5 Å². The van der Waals surface area contributed by atoms with Crippen molar-refractivity contribution in [3.05, 3.63) is 53.1 Å². The van der Waals surface area contributed by atoms with E-state index in [4.69, 9.17) is 21.1 Å². The number of carbonyl (C=O) groups is 2. The molecule has 1 atom stereocenters. The molecule has 2 aromatic carbocycles. The molecule has 2 amide bonds. The molecular weight excluding hydrogens is 494 g/mol. The number of benzene rings is 2. The maximum Gasteiger partial charge on any atom is 0.244 e. The second kappa shape index (κ2) is 12.6. The summed E-state index contributed by atoms with van der Waals surface area (Å²) in [5, 5.41) is 3.27. The van der Waals surface area contributed by atoms with Crippen molar-refractivity contribution in [2.75, 3.05) is 37.9 Å². The summed E-state index contributed by atoms with van der Waals surface area (Å²) in [6.45, 7) is 3.50. The largest absolute Gasteiger partial charge is 0.497 e. The van der Waals surface area contributed by atoms with Gasteiger partial charge in [0.1, 0.15) is 24.1 Å². The van der Waals surface area contributed by atoms with Gasteiger partial charge in [-0.15, -0.1) is 0 Å². The van der Waals surface area contributed by atoms with E-state index in [0.717, 1.165) is 17.0 Å². The predicted octanol–water partition coefficient (Wildman–Crippen LogP) is 3.07. The number of carbonyl (C=O) groups excluding carboxylic acids is 2. The van der Waals surface area contributed by atoms with E-state index in [0.29, 0.717) is 22.9 Å². The molecule has 1 unspecified atom stereocenters. The zero-order valence-corrected chi connectivity index (χ0v) is 22.1. The molecule has 0 radical (unpaired) electrons. The molecule has 2 rings (SSSR count). The zero-order valence-electron chi connectivity index (χ0n) is 20.6. The summed E-state index contributed by atoms with van der Waals surface area (Å²) in [5.74, 6) is -0.268. The van der Waals surface area contributed by atoms with Crippen molar-refractivity contribution in [1.82, 2.24) is 10.2 Å². The van der Waals surface area contributed by atoms with E-state index in [1.165, 1.54) is 25.2 Å². The van der Waals surface area contributed by atoms with Gasteiger partial charge in [0.2, 0.25) is 21.8 Å². The summed E-state index contributed by atoms with van der Waals surface area (Å²) < 4.78 is 37.0. The maximum absolute atomic E-state index is 13.6. The quantitative estimate of drug-likeness (QED) is 0.456. The Balaban J connectivity index is 2.47. The van der Waals surface area contributed by atoms with Crippen LogP contribution in [0.2, 0.25) is 5.02 Å². The van der Waals surface area contributed by atoms with Crippen LogP contribution in [0.4, 0.5) is 5.69 Å². The van der Waals surface area contributed by atoms with Crippen molar-refractivity contribution in [2.45, 2.75) is 32.9 Å². The molecular formula is C24H32ClN3O6S. The first-order valence-corrected chi connectivity index (χ1v) is 13.3. The molecule has 0 aliphatic heterocycles. The normalized spacial score (nSPS) is 11.9. The average molecular weight is 526 g/mol. The molecule has 9 nitrogen and oxygen atoms in total. The first-order chi connectivity index (χ1) is 16.5. The number of sulfonamides is 1. The van der Waals surface area contributed by atoms with E-state index in [2.05, 4.69) is 5.32 Å². The number of halogens is 1. The van der Waals surface area contributed by atoms with Crippen LogP contribution in [0.3, 0.4) is 0 Å². The zero-order chi connectivity index (χ0) is 26.2. The Bertz CT molecular complexity index is 1140. The van der Waals surface area contributed by atoms with Crippen LogP contribution in [-0.4, -0.2) is 64.7 Å². The first kappa shape index (κ1) is 28.3. The smallest absolute Gasteiger partial charge is 0.244 e. The third-order valence-electron chi connectivity index (χ3n) is 5.29. The fraction of sp³-hybridized carbons (Fsp3) is 0.417. The molecule has 2 aromatic rings. The number of amides is 2. The van der Waals surface area contributed by atoms with Crippen LogP contribution in [0.15, 0.2) is 42.5 Å². The summed E-state index contributed by atoms with van der Waals surface area (Å²) in [5.41, 5.74) is 0.847. The highest BCUT2D eigenvalue weighted by molar-refractivity contribution is 7.92. The SMILES string of the molecule is CCCNC(=O)C(C)N(Cc1cccc(Cl)c1)C(=O)CN(c1cc(OC)ccc1OC)S(C)(=O)=O. The third kappa shape index (κ3) is 7.76. The summed E-state index contributed by atoms with van der Waals surface area (Å²) >= 11 is 6.11. The van der Waals surface area contributed by atoms with Crippen LogP contribution in [0.25, 0.3) is 0 Å². The minimum atomic E-state index is -3.92. The Labute approximate surface area is 212 Å². The lowest BCUT2D eigenvalue weighted by Gasteiger charge is -2.32. The van der Waals surface area contributed by atoms with Gasteiger partial charge >= 0.3 is 0 Å². The molecule has 35 heavy (non-hydrogen) atoms. The molecule has 1 N–H and O–H groups in total. The molecule has 0 saturated carbocycles. The second-order valence-corrected chi connectivity index (χ2v) is 10.3. The van der Waals surface area contributed by atoms with Crippen molar-refractivity contribution >= 4 is 39.1 Å². The number of nitrogens with one attached hydrogen (secondary N) is 1. The number of hydrogen-bond acceptors (Lipinski definition) is 6. The van der Waals surface area contributed by atoms with Crippen LogP contribution in [-0.2, 0) is 26.2 Å². The Hall–Kier alpha value is -2.98. The minimum absolute atomic E-state index is 0.0625. The van der Waals surface area contributed by atoms with Gasteiger partial charge < -0.3 is 19.7 Å². The maximum atomic E-state index is 13.6. The number of hydrogen-bond donors (Lipinski definition) is 1. The Morgan fingerprint density at radius 2 is 1.83 bits per heavy atom. The highest BCUT2D eigenvalue weighted by atomic mass is 35.5. The summed E-state index contributed by atoms with van der Waals surface area (Å²) in [6, 6.07) is 10.7. The van der Waals surface area contributed by atoms with Crippen LogP contribution in [0.1, 0.15) is 25.8 Å². The number of rotatable bonds is 12. The van der Waals surface area contributed by atoms with E-state index in [-0.39, 0.29) is 23.9 Å². The first-order valence-electron chi connectivity index (χ1n) is 11.0. The highest BCUT2D eigenvalue weighted by Crippen LogP contribution is 2.34. The third-order valence-corrected chi connectivity index (χ3v) is 6.65. The van der Waals surface area contributed by atoms with E-state index >= 15 is 0 Å². The van der Waals surface area contributed by atoms with Crippen LogP contribution >= 0.6 is 11.6 Å². The number of methoxy groups -OCH3 is 2. The van der Waals surface area contributed by atoms with Crippen molar-refractivity contribution in [3.63, 3.8) is 0 Å². The second-order valence-electron chi connectivity index (χ2n) is 7.93. The van der Waals surface area contributed by atoms with Gasteiger partial charge in [-0.05, 0) is 43.2 Å². The fourth-order valence-electron chi connectivity index (χ4n) is 3.40. The van der Waals surface area contributed by atoms with E-state index in [9.17, 15) is 18.0 Å². The van der Waals surface area contributed by atoms with Crippen molar-refractivity contribution in [1.29, 1.82) is 0 Å². The Kier molecular flexibility index (Phi) is 10.2. The van der Waals surface area contributed by atoms with Gasteiger partial charge in [-0.2, -0.15) is 0 Å². The standard InChI is InChI=1S/C24H32ClN3O6S/c1-6-12-26-24(30)17(2)27(15-18-8-7-9-19(25)13-18)23(29)16-28(35(5,31)32)21-14-20(33-3)10-11-22(21)34-4/h7-11,13-14,17H,6,12,15-16H2,1-5H3,(H,26,30). The molecule has 0 aromatic heterocycles. The summed E-state index contributed by atoms with van der Waals surface area (Å²) in [7, 11) is -1.06. The Morgan fingerprint density at radius 1 is 1.11 bits per heavy atom. The van der Waals surface area contributed by atoms with Crippen molar-refractivity contribution in [2.24, 2.45) is 0 Å². The van der Waals surface area contributed by atoms with Crippen molar-refractivity contribution in [3.8, 4) is 11.5 Å². The molecule has 0 aliphatic rings. The molecule has 0 aliphatic carbocycles. The van der Waals surface area contributed by atoms with Gasteiger partial charge in [0, 0.05) is 24.2 Å². The van der Waals surface area contributed by atoms with Gasteiger partial charge in [0.05, 0.1) is 26.2 Å². The topological polar surface area (TPSA) is 105 Å². The van der Waals surface area contributed by atoms with Gasteiger partial charge in [-0.25, -0.2) is 8.42 Å². The molecule has 0 fully saturated rings. The molecule has 0 heterocycles. The molecule has 0 saturated heterocycles. The molecule has 0 spiro atoms. The predicted molar refractivity (Wildman–Crippen MR) is 137 cm³/mol. The Morgan fingerprint density at radius 3 is 2.40 bits per heavy atom. The van der Waals surface area contributed by atoms with E-state index in [1.807, 2.05) is 6.92 Å². The van der Waals surface area contributed by atoms with Gasteiger partial charge in [-0.1, -0.05) is 30.7 Å². The minimum Gasteiger partial charge on any atom is -0.497 e. The summed E-state index contributed by atoms with van der Waals surface area (Å²) in [6.07, 6.45) is 1.73. The summed E-state index contributed by atoms with van der Waals surface area (Å²) in [4.78, 5) is 27.6. The van der Waals surface area contributed by atoms with Crippen LogP contribution in [0, 0.1) is 0 Å². The van der Waals surface area contributed by atoms with E-state index < -0.39 is 28.5 Å². The lowest BCUT2D eigenvalue weighted by atomic mass is 10.1. The lowest BCUT2D eigenvalue weighted by molar-refractivity contribution is -0.139. The number of anilines is 1. The van der Waals surface area contributed by atoms with Crippen LogP contribution < -0.4 is 19.1 Å². The van der Waals surface area contributed by atoms with Gasteiger partial charge in [0.25, 0.3) is 0 Å². The fourth-order valence-corrected chi connectivity index (χ4v) is 4.45. The van der Waals surface area contributed by atoms with Crippen molar-refractivity contribution < 1.29 is 27.5 Å². The molecule has 0 bridgehead atoms. The number of nitrogens with zero attached hydrogens (tertiary/aromatic N) is 2. The monoisotopic (exact) mass is 525 g/mol. The van der Waals surface area contributed by atoms with Gasteiger partial charge in [-0.3, -0.25) is 13.9 Å².